The van der Waals surface area contributed by atoms with Gasteiger partial charge in [-0.2, -0.15) is 4.98 Å². The molecule has 4 aromatic heterocycles. The topological polar surface area (TPSA) is 330 Å². The first-order valence-corrected chi connectivity index (χ1v) is 15.9. The van der Waals surface area contributed by atoms with Crippen LogP contribution in [0, 0.1) is 0 Å². The summed E-state index contributed by atoms with van der Waals surface area (Å²) >= 11 is 0. The quantitative estimate of drug-likeness (QED) is 0.109. The molecular weight excluding hydrogens is 650 g/mol. The van der Waals surface area contributed by atoms with E-state index in [9.17, 15) is 33.9 Å². The number of nitrogens with one attached hydrogen (secondary N) is 1. The van der Waals surface area contributed by atoms with Crippen molar-refractivity contribution in [3.05, 3.63) is 29.3 Å². The van der Waals surface area contributed by atoms with E-state index in [1.807, 2.05) is 0 Å². The third-order valence-corrected chi connectivity index (χ3v) is 9.30. The fourth-order valence-corrected chi connectivity index (χ4v) is 7.14. The highest BCUT2D eigenvalue weighted by Gasteiger charge is 2.54. The lowest BCUT2D eigenvalue weighted by Crippen LogP contribution is -2.38. The summed E-state index contributed by atoms with van der Waals surface area (Å²) in [6.07, 6.45) is -9.33. The third-order valence-electron chi connectivity index (χ3n) is 7.33. The Labute approximate surface area is 248 Å². The fourth-order valence-electron chi connectivity index (χ4n) is 5.28. The molecule has 4 bridgehead atoms. The van der Waals surface area contributed by atoms with Gasteiger partial charge in [0.1, 0.15) is 48.5 Å². The Morgan fingerprint density at radius 2 is 1.36 bits per heavy atom. The van der Waals surface area contributed by atoms with E-state index in [2.05, 4.69) is 29.9 Å². The smallest absolute Gasteiger partial charge is 0.387 e. The number of nitrogens with two attached hydrogens (primary N) is 2. The van der Waals surface area contributed by atoms with Gasteiger partial charge in [0, 0.05) is 0 Å². The van der Waals surface area contributed by atoms with Crippen LogP contribution in [0.15, 0.2) is 23.8 Å². The van der Waals surface area contributed by atoms with Gasteiger partial charge >= 0.3 is 15.6 Å². The van der Waals surface area contributed by atoms with Crippen molar-refractivity contribution in [2.75, 3.05) is 24.7 Å². The Morgan fingerprint density at radius 3 is 1.93 bits per heavy atom. The average Bonchev–Trinajstić information content (AvgIpc) is 3.72. The number of nitrogen functional groups attached to an aromatic ring is 2. The molecule has 0 amide bonds. The van der Waals surface area contributed by atoms with Gasteiger partial charge in [0.15, 0.2) is 35.1 Å². The number of aromatic nitrogens is 8. The van der Waals surface area contributed by atoms with Crippen LogP contribution in [0.4, 0.5) is 11.8 Å². The molecule has 0 aromatic carbocycles. The van der Waals surface area contributed by atoms with Crippen LogP contribution in [0.2, 0.25) is 0 Å². The Hall–Kier alpha value is -3.44. The van der Waals surface area contributed by atoms with Crippen molar-refractivity contribution in [1.82, 2.24) is 39.0 Å². The molecule has 3 fully saturated rings. The van der Waals surface area contributed by atoms with E-state index >= 15 is 0 Å². The molecular formula is C20H24N10O13P2. The number of phosphoric ester groups is 2. The van der Waals surface area contributed by atoms with Gasteiger partial charge in [0.2, 0.25) is 5.95 Å². The van der Waals surface area contributed by atoms with E-state index in [0.717, 1.165) is 17.2 Å². The van der Waals surface area contributed by atoms with E-state index in [0.29, 0.717) is 0 Å². The molecule has 10 atom stereocenters. The summed E-state index contributed by atoms with van der Waals surface area (Å²) in [4.78, 5) is 55.8. The van der Waals surface area contributed by atoms with Gasteiger partial charge in [0.25, 0.3) is 5.56 Å². The molecule has 0 aliphatic carbocycles. The Bertz CT molecular complexity index is 1940. The second-order valence-electron chi connectivity index (χ2n) is 10.1. The third kappa shape index (κ3) is 5.31. The van der Waals surface area contributed by atoms with Crippen LogP contribution in [-0.4, -0.2) is 109 Å². The molecule has 0 radical (unpaired) electrons. The monoisotopic (exact) mass is 674 g/mol. The minimum Gasteiger partial charge on any atom is -0.387 e. The number of aliphatic hydroxyl groups excluding tert-OH is 2. The van der Waals surface area contributed by atoms with Crippen LogP contribution in [-0.2, 0) is 36.7 Å². The van der Waals surface area contributed by atoms with Crippen molar-refractivity contribution in [2.45, 2.75) is 49.1 Å². The van der Waals surface area contributed by atoms with Crippen molar-refractivity contribution in [3.63, 3.8) is 0 Å². The normalized spacial score (nSPS) is 37.7. The summed E-state index contributed by atoms with van der Waals surface area (Å²) in [6, 6.07) is 0. The van der Waals surface area contributed by atoms with Crippen LogP contribution in [0.1, 0.15) is 12.5 Å². The lowest BCUT2D eigenvalue weighted by molar-refractivity contribution is -0.0675. The molecule has 7 heterocycles. The first-order chi connectivity index (χ1) is 21.3. The van der Waals surface area contributed by atoms with E-state index < -0.39 is 83.5 Å². The zero-order valence-electron chi connectivity index (χ0n) is 22.4. The number of hydrogen-bond donors (Lipinski definition) is 7. The minimum atomic E-state index is -5.09. The van der Waals surface area contributed by atoms with Crippen molar-refractivity contribution >= 4 is 49.7 Å². The number of nitrogens with zero attached hydrogens (tertiary/aromatic N) is 7. The molecule has 23 nitrogen and oxygen atoms in total. The van der Waals surface area contributed by atoms with Gasteiger partial charge in [-0.1, -0.05) is 0 Å². The van der Waals surface area contributed by atoms with Crippen molar-refractivity contribution in [2.24, 2.45) is 0 Å². The highest BCUT2D eigenvalue weighted by atomic mass is 31.2. The summed E-state index contributed by atoms with van der Waals surface area (Å²) in [5, 5.41) is 22.1. The summed E-state index contributed by atoms with van der Waals surface area (Å²) in [7, 11) is -10.2. The number of imidazole rings is 2. The molecule has 7 rings (SSSR count). The molecule has 3 aliphatic heterocycles. The van der Waals surface area contributed by atoms with Gasteiger partial charge < -0.3 is 40.9 Å². The summed E-state index contributed by atoms with van der Waals surface area (Å²) in [5.74, 6) is -0.270. The van der Waals surface area contributed by atoms with Crippen LogP contribution < -0.4 is 17.0 Å². The molecule has 45 heavy (non-hydrogen) atoms. The number of anilines is 2. The lowest BCUT2D eigenvalue weighted by Gasteiger charge is -2.26. The number of H-pyrrole nitrogens is 1. The SMILES string of the molecule is Nc1nc2c(ncn2C2OC3COP(=O)(O)OC4C(O)C(COP(=O)(O)OC2C3O)OC4n2cnc3c(N)ncnc32)c(=O)[nH]1. The zero-order chi connectivity index (χ0) is 31.8. The van der Waals surface area contributed by atoms with Gasteiger partial charge in [0.05, 0.1) is 25.9 Å². The van der Waals surface area contributed by atoms with Crippen LogP contribution >= 0.6 is 15.6 Å². The molecule has 10 unspecified atom stereocenters. The number of aromatic amines is 1. The van der Waals surface area contributed by atoms with Crippen LogP contribution in [0.3, 0.4) is 0 Å². The number of fused-ring (bicyclic) bond motifs is 6. The maximum atomic E-state index is 13.2. The molecule has 3 aliphatic rings. The van der Waals surface area contributed by atoms with Gasteiger partial charge in [-0.25, -0.2) is 29.1 Å². The maximum absolute atomic E-state index is 13.2. The summed E-state index contributed by atoms with van der Waals surface area (Å²) in [5.41, 5.74) is 10.8. The molecule has 4 aromatic rings. The average molecular weight is 674 g/mol. The van der Waals surface area contributed by atoms with E-state index in [1.54, 1.807) is 0 Å². The van der Waals surface area contributed by atoms with Crippen LogP contribution in [0.25, 0.3) is 22.3 Å². The van der Waals surface area contributed by atoms with Crippen molar-refractivity contribution in [3.8, 4) is 0 Å². The Morgan fingerprint density at radius 1 is 0.822 bits per heavy atom. The highest BCUT2D eigenvalue weighted by Crippen LogP contribution is 2.53. The molecule has 242 valence electrons. The predicted molar refractivity (Wildman–Crippen MR) is 143 cm³/mol. The number of rotatable bonds is 2. The number of ether oxygens (including phenoxy) is 2. The van der Waals surface area contributed by atoms with Gasteiger partial charge in [-0.15, -0.1) is 0 Å². The maximum Gasteiger partial charge on any atom is 0.472 e. The van der Waals surface area contributed by atoms with E-state index in [4.69, 9.17) is 39.0 Å². The van der Waals surface area contributed by atoms with Crippen molar-refractivity contribution in [1.29, 1.82) is 0 Å². The van der Waals surface area contributed by atoms with Gasteiger partial charge in [-0.05, 0) is 0 Å². The highest BCUT2D eigenvalue weighted by molar-refractivity contribution is 7.47. The second-order valence-corrected chi connectivity index (χ2v) is 13.0. The van der Waals surface area contributed by atoms with E-state index in [1.165, 1.54) is 10.9 Å². The Kier molecular flexibility index (Phi) is 7.27. The first-order valence-electron chi connectivity index (χ1n) is 13.0. The largest absolute Gasteiger partial charge is 0.472 e. The molecule has 0 spiro atoms. The molecule has 3 saturated heterocycles. The molecule has 0 saturated carbocycles. The summed E-state index contributed by atoms with van der Waals surface area (Å²) in [6.45, 7) is -1.65. The van der Waals surface area contributed by atoms with Crippen LogP contribution in [0.5, 0.6) is 0 Å². The zero-order valence-corrected chi connectivity index (χ0v) is 24.2. The molecule has 25 heteroatoms. The van der Waals surface area contributed by atoms with Crippen molar-refractivity contribution < 1.29 is 56.7 Å². The second kappa shape index (κ2) is 10.8. The first kappa shape index (κ1) is 30.2. The Balaban J connectivity index is 1.23. The standard InChI is InChI=1S/C20H24N10O13P2/c21-14-8-15(24-3-23-14)29(4-25-8)18-12-10(31)6(40-18)1-38-45(36,37)43-13-11(32)7(2-39-44(34,35)42-12)41-19(13)30-5-26-9-16(30)27-20(22)28-17(9)33/h3-7,10-13,18-19,31-32H,1-2H2,(H,34,35)(H,36,37)(H2,21,23,24)(H3,22,27,28,33). The predicted octanol–water partition coefficient (Wildman–Crippen LogP) is -2.34. The number of aliphatic hydroxyl groups is 2. The fraction of sp³-hybridized carbons (Fsp3) is 0.500. The minimum absolute atomic E-state index is 0.0178. The molecule has 9 N–H and O–H groups in total. The lowest BCUT2D eigenvalue weighted by atomic mass is 10.1. The van der Waals surface area contributed by atoms with Gasteiger partial charge in [-0.3, -0.25) is 37.0 Å². The van der Waals surface area contributed by atoms with E-state index in [-0.39, 0.29) is 34.1 Å². The summed E-state index contributed by atoms with van der Waals surface area (Å²) < 4.78 is 61.2. The number of phosphoric acid groups is 2. The number of hydrogen-bond acceptors (Lipinski definition) is 18.